The van der Waals surface area contributed by atoms with Gasteiger partial charge in [-0.1, -0.05) is 19.8 Å². The number of ketones is 1. The molecule has 0 aromatic carbocycles. The molecule has 48 heavy (non-hydrogen) atoms. The van der Waals surface area contributed by atoms with E-state index in [0.29, 0.717) is 37.1 Å². The Kier molecular flexibility index (Phi) is 15.5. The Morgan fingerprint density at radius 1 is 0.979 bits per heavy atom. The number of hydrogen-bond acceptors (Lipinski definition) is 10. The lowest BCUT2D eigenvalue weighted by atomic mass is 9.96. The van der Waals surface area contributed by atoms with Crippen LogP contribution in [0.2, 0.25) is 0 Å². The molecule has 1 atom stereocenters. The van der Waals surface area contributed by atoms with Crippen LogP contribution < -0.4 is 20.1 Å². The number of Topliss-reactive ketones (excluding diaryl/α,β-unsaturated/α-hetero) is 1. The van der Waals surface area contributed by atoms with Crippen molar-refractivity contribution in [1.82, 2.24) is 25.5 Å². The average molecular weight is 674 g/mol. The summed E-state index contributed by atoms with van der Waals surface area (Å²) in [6, 6.07) is 6.80. The van der Waals surface area contributed by atoms with Gasteiger partial charge in [-0.3, -0.25) is 4.79 Å². The van der Waals surface area contributed by atoms with E-state index in [9.17, 15) is 14.4 Å². The molecule has 0 aliphatic carbocycles. The maximum atomic E-state index is 12.8. The Bertz CT molecular complexity index is 1290. The third-order valence-corrected chi connectivity index (χ3v) is 7.13. The Morgan fingerprint density at radius 3 is 2.17 bits per heavy atom. The summed E-state index contributed by atoms with van der Waals surface area (Å²) in [5.41, 5.74) is -0.224. The molecule has 0 spiro atoms. The van der Waals surface area contributed by atoms with Crippen molar-refractivity contribution in [1.29, 1.82) is 0 Å². The minimum atomic E-state index is -0.666. The number of amides is 3. The molecule has 3 rings (SSSR count). The van der Waals surface area contributed by atoms with E-state index < -0.39 is 17.2 Å². The van der Waals surface area contributed by atoms with E-state index in [4.69, 9.17) is 23.7 Å². The summed E-state index contributed by atoms with van der Waals surface area (Å²) in [5.74, 6) is 0.804. The van der Waals surface area contributed by atoms with Gasteiger partial charge in [-0.15, -0.1) is 0 Å². The molecule has 13 heteroatoms. The predicted octanol–water partition coefficient (Wildman–Crippen LogP) is 5.73. The quantitative estimate of drug-likeness (QED) is 0.199. The van der Waals surface area contributed by atoms with Crippen molar-refractivity contribution in [2.24, 2.45) is 0 Å². The molecule has 2 aromatic rings. The molecule has 1 unspecified atom stereocenters. The van der Waals surface area contributed by atoms with Crippen molar-refractivity contribution < 1.29 is 38.1 Å². The maximum absolute atomic E-state index is 12.8. The topological polar surface area (TPSA) is 150 Å². The Balaban J connectivity index is 0.000000333. The van der Waals surface area contributed by atoms with Crippen molar-refractivity contribution in [2.45, 2.75) is 97.4 Å². The first kappa shape index (κ1) is 40.2. The Labute approximate surface area is 285 Å². The molecule has 0 bridgehead atoms. The molecule has 1 aliphatic heterocycles. The van der Waals surface area contributed by atoms with Gasteiger partial charge in [0.15, 0.2) is 5.78 Å². The number of nitrogens with one attached hydrogen (secondary N) is 2. The number of rotatable bonds is 13. The molecule has 2 aromatic heterocycles. The first-order valence-electron chi connectivity index (χ1n) is 16.3. The van der Waals surface area contributed by atoms with Crippen LogP contribution in [-0.4, -0.2) is 96.6 Å². The maximum Gasteiger partial charge on any atom is 0.408 e. The number of ether oxygens (including phenoxy) is 5. The first-order valence-corrected chi connectivity index (χ1v) is 16.3. The molecule has 2 N–H and O–H groups in total. The lowest BCUT2D eigenvalue weighted by molar-refractivity contribution is -0.0657. The third-order valence-electron chi connectivity index (χ3n) is 7.13. The fourth-order valence-electron chi connectivity index (χ4n) is 4.78. The van der Waals surface area contributed by atoms with Gasteiger partial charge in [-0.25, -0.2) is 19.6 Å². The van der Waals surface area contributed by atoms with Crippen LogP contribution in [0.3, 0.4) is 0 Å². The van der Waals surface area contributed by atoms with Crippen LogP contribution in [0, 0.1) is 0 Å². The van der Waals surface area contributed by atoms with Crippen molar-refractivity contribution in [3.63, 3.8) is 0 Å². The number of unbranched alkanes of at least 4 members (excludes halogenated alkanes) is 2. The summed E-state index contributed by atoms with van der Waals surface area (Å²) in [5, 5.41) is 5.77. The summed E-state index contributed by atoms with van der Waals surface area (Å²) in [6.45, 7) is 16.9. The number of morpholine rings is 1. The summed E-state index contributed by atoms with van der Waals surface area (Å²) < 4.78 is 26.4. The number of methoxy groups -OCH3 is 2. The van der Waals surface area contributed by atoms with Gasteiger partial charge in [0.05, 0.1) is 51.2 Å². The summed E-state index contributed by atoms with van der Waals surface area (Å²) in [6.07, 6.45) is 5.93. The van der Waals surface area contributed by atoms with Gasteiger partial charge < -0.3 is 39.2 Å². The van der Waals surface area contributed by atoms with Crippen molar-refractivity contribution in [3.8, 4) is 11.8 Å². The lowest BCUT2D eigenvalue weighted by Crippen LogP contribution is -2.59. The van der Waals surface area contributed by atoms with Gasteiger partial charge in [0.25, 0.3) is 0 Å². The highest BCUT2D eigenvalue weighted by Crippen LogP contribution is 2.33. The van der Waals surface area contributed by atoms with Crippen LogP contribution in [0.5, 0.6) is 11.8 Å². The summed E-state index contributed by atoms with van der Waals surface area (Å²) >= 11 is 0. The fourth-order valence-corrected chi connectivity index (χ4v) is 4.78. The summed E-state index contributed by atoms with van der Waals surface area (Å²) in [4.78, 5) is 46.7. The highest BCUT2D eigenvalue weighted by molar-refractivity contribution is 5.96. The second-order valence-corrected chi connectivity index (χ2v) is 13.8. The van der Waals surface area contributed by atoms with Crippen molar-refractivity contribution in [2.75, 3.05) is 47.2 Å². The van der Waals surface area contributed by atoms with Crippen LogP contribution >= 0.6 is 0 Å². The second-order valence-electron chi connectivity index (χ2n) is 13.8. The number of carbonyl (C=O) groups is 3. The van der Waals surface area contributed by atoms with E-state index in [1.807, 2.05) is 30.9 Å². The monoisotopic (exact) mass is 673 g/mol. The van der Waals surface area contributed by atoms with Gasteiger partial charge in [0, 0.05) is 36.6 Å². The number of aromatic nitrogens is 2. The van der Waals surface area contributed by atoms with Crippen molar-refractivity contribution >= 4 is 17.9 Å². The largest absolute Gasteiger partial charge is 0.481 e. The van der Waals surface area contributed by atoms with E-state index in [-0.39, 0.29) is 36.6 Å². The van der Waals surface area contributed by atoms with E-state index >= 15 is 0 Å². The van der Waals surface area contributed by atoms with Gasteiger partial charge in [-0.05, 0) is 72.6 Å². The van der Waals surface area contributed by atoms with Gasteiger partial charge in [-0.2, -0.15) is 0 Å². The predicted molar refractivity (Wildman–Crippen MR) is 183 cm³/mol. The molecule has 1 fully saturated rings. The second kappa shape index (κ2) is 18.5. The van der Waals surface area contributed by atoms with E-state index in [1.165, 1.54) is 13.3 Å². The minimum absolute atomic E-state index is 0.0415. The molecule has 1 saturated heterocycles. The normalized spacial score (nSPS) is 15.8. The lowest BCUT2D eigenvalue weighted by Gasteiger charge is -2.47. The number of alkyl carbamates (subject to hydrolysis) is 1. The first-order chi connectivity index (χ1) is 22.5. The molecule has 0 radical (unpaired) electrons. The number of urea groups is 1. The van der Waals surface area contributed by atoms with E-state index in [0.717, 1.165) is 24.8 Å². The van der Waals surface area contributed by atoms with Crippen LogP contribution in [0.1, 0.15) is 96.6 Å². The smallest absolute Gasteiger partial charge is 0.408 e. The molecule has 0 saturated carbocycles. The summed E-state index contributed by atoms with van der Waals surface area (Å²) in [7, 11) is 3.09. The molecule has 13 nitrogen and oxygen atoms in total. The highest BCUT2D eigenvalue weighted by Gasteiger charge is 2.41. The Hall–Kier alpha value is -3.97. The fraction of sp³-hybridized carbons (Fsp3) is 0.629. The molecular weight excluding hydrogens is 618 g/mol. The number of hydrogen-bond donors (Lipinski definition) is 2. The van der Waals surface area contributed by atoms with Crippen LogP contribution in [0.15, 0.2) is 36.7 Å². The standard InChI is InChI=1S/C18H29N3O3.C17H26N2O5/c1-5-6-7-10-19-17(22)21-15(12-24-13-18(21,2)3)14-8-9-16(23-4)20-11-14;1-16(2,3)24-15(21)19-17(4,5)11-23-10-13(20)12-7-8-14(22-6)18-9-12/h8-9,11,15H,5-7,10,12-13H2,1-4H3,(H,19,22);7-9H,10-11H2,1-6H3,(H,19,21). The molecule has 3 amide bonds. The zero-order chi connectivity index (χ0) is 36.0. The van der Waals surface area contributed by atoms with Gasteiger partial charge in [0.2, 0.25) is 11.8 Å². The number of carbonyl (C=O) groups excluding carboxylic acids is 3. The van der Waals surface area contributed by atoms with E-state index in [2.05, 4.69) is 27.5 Å². The van der Waals surface area contributed by atoms with Crippen LogP contribution in [0.25, 0.3) is 0 Å². The van der Waals surface area contributed by atoms with Crippen LogP contribution in [-0.2, 0) is 14.2 Å². The van der Waals surface area contributed by atoms with Crippen LogP contribution in [0.4, 0.5) is 9.59 Å². The van der Waals surface area contributed by atoms with Gasteiger partial charge in [0.1, 0.15) is 12.2 Å². The third kappa shape index (κ3) is 13.6. The number of nitrogens with zero attached hydrogens (tertiary/aromatic N) is 3. The molecular formula is C35H55N5O8. The highest BCUT2D eigenvalue weighted by atomic mass is 16.6. The van der Waals surface area contributed by atoms with Crippen molar-refractivity contribution in [3.05, 3.63) is 47.8 Å². The molecule has 268 valence electrons. The molecule has 3 heterocycles. The SMILES string of the molecule is CCCCCNC(=O)N1C(c2ccc(OC)nc2)COCC1(C)C.COc1ccc(C(=O)COCC(C)(C)NC(=O)OC(C)(C)C)cn1. The average Bonchev–Trinajstić information content (AvgIpc) is 3.01. The Morgan fingerprint density at radius 2 is 1.62 bits per heavy atom. The number of pyridine rings is 2. The van der Waals surface area contributed by atoms with E-state index in [1.54, 1.807) is 60.1 Å². The van der Waals surface area contributed by atoms with Gasteiger partial charge >= 0.3 is 12.1 Å². The zero-order valence-corrected chi connectivity index (χ0v) is 30.3. The molecule has 1 aliphatic rings. The minimum Gasteiger partial charge on any atom is -0.481 e. The zero-order valence-electron chi connectivity index (χ0n) is 30.3.